The molecule has 0 aromatic heterocycles. The van der Waals surface area contributed by atoms with Gasteiger partial charge in [0.25, 0.3) is 11.8 Å². The summed E-state index contributed by atoms with van der Waals surface area (Å²) >= 11 is 0. The highest BCUT2D eigenvalue weighted by molar-refractivity contribution is 6.11. The zero-order chi connectivity index (χ0) is 11.5. The van der Waals surface area contributed by atoms with Crippen LogP contribution in [0.1, 0.15) is 34.1 Å². The number of carbonyl (C=O) groups excluding carboxylic acids is 2. The quantitative estimate of drug-likeness (QED) is 0.844. The Labute approximate surface area is 92.6 Å². The van der Waals surface area contributed by atoms with E-state index in [1.165, 1.54) is 0 Å². The van der Waals surface area contributed by atoms with E-state index in [0.717, 1.165) is 18.7 Å². The highest BCUT2D eigenvalue weighted by Gasteiger charge is 2.21. The van der Waals surface area contributed by atoms with Crippen LogP contribution in [-0.2, 0) is 0 Å². The Kier molecular flexibility index (Phi) is 2.76. The first kappa shape index (κ1) is 10.5. The number of amides is 2. The number of carbonyl (C=O) groups is 2. The predicted octanol–water partition coefficient (Wildman–Crippen LogP) is 2.25. The summed E-state index contributed by atoms with van der Waals surface area (Å²) in [5.74, 6) is -0.925. The average Bonchev–Trinajstić information content (AvgIpc) is 2.31. The molecular weight excluding hydrogens is 206 g/mol. The van der Waals surface area contributed by atoms with Crippen LogP contribution in [-0.4, -0.2) is 18.4 Å². The van der Waals surface area contributed by atoms with Crippen molar-refractivity contribution in [3.05, 3.63) is 29.3 Å². The maximum atomic E-state index is 11.4. The lowest BCUT2D eigenvalue weighted by Crippen LogP contribution is -2.12. The van der Waals surface area contributed by atoms with Crippen LogP contribution in [0.3, 0.4) is 0 Å². The minimum Gasteiger partial charge on any atom is -0.385 e. The Bertz CT molecular complexity index is 480. The van der Waals surface area contributed by atoms with Crippen LogP contribution < -0.4 is 5.32 Å². The molecule has 1 aliphatic heterocycles. The number of benzene rings is 1. The van der Waals surface area contributed by atoms with Gasteiger partial charge in [0.15, 0.2) is 0 Å². The fourth-order valence-electron chi connectivity index (χ4n) is 1.49. The van der Waals surface area contributed by atoms with E-state index in [1.54, 1.807) is 18.2 Å². The zero-order valence-corrected chi connectivity index (χ0v) is 8.86. The fourth-order valence-corrected chi connectivity index (χ4v) is 1.49. The van der Waals surface area contributed by atoms with Gasteiger partial charge in [0.1, 0.15) is 0 Å². The highest BCUT2D eigenvalue weighted by Crippen LogP contribution is 2.21. The third-order valence-electron chi connectivity index (χ3n) is 2.29. The summed E-state index contributed by atoms with van der Waals surface area (Å²) in [7, 11) is 0. The van der Waals surface area contributed by atoms with Crippen LogP contribution in [0, 0.1) is 0 Å². The van der Waals surface area contributed by atoms with Crippen molar-refractivity contribution in [1.82, 2.24) is 0 Å². The molecule has 5 heteroatoms. The number of fused-ring (bicyclic) bond motifs is 1. The molecular formula is C11H11N3O2. The average molecular weight is 217 g/mol. The number of hydrogen-bond acceptors (Lipinski definition) is 3. The van der Waals surface area contributed by atoms with Crippen molar-refractivity contribution >= 4 is 17.5 Å². The SMILES string of the molecule is CCCNc1ccc2c(c1)C(=O)N=NC2=O. The van der Waals surface area contributed by atoms with Gasteiger partial charge in [-0.1, -0.05) is 6.92 Å². The maximum absolute atomic E-state index is 11.4. The van der Waals surface area contributed by atoms with E-state index in [1.807, 2.05) is 6.92 Å². The predicted molar refractivity (Wildman–Crippen MR) is 58.7 cm³/mol. The van der Waals surface area contributed by atoms with E-state index < -0.39 is 11.8 Å². The first-order chi connectivity index (χ1) is 7.72. The minimum absolute atomic E-state index is 0.320. The van der Waals surface area contributed by atoms with Crippen LogP contribution in [0.25, 0.3) is 0 Å². The first-order valence-electron chi connectivity index (χ1n) is 5.10. The topological polar surface area (TPSA) is 70.9 Å². The molecule has 2 rings (SSSR count). The largest absolute Gasteiger partial charge is 0.385 e. The maximum Gasteiger partial charge on any atom is 0.296 e. The second-order valence-corrected chi connectivity index (χ2v) is 3.50. The van der Waals surface area contributed by atoms with Gasteiger partial charge in [-0.25, -0.2) is 0 Å². The molecule has 16 heavy (non-hydrogen) atoms. The molecule has 0 aliphatic carbocycles. The molecule has 1 aromatic carbocycles. The van der Waals surface area contributed by atoms with E-state index >= 15 is 0 Å². The van der Waals surface area contributed by atoms with E-state index in [4.69, 9.17) is 0 Å². The van der Waals surface area contributed by atoms with Gasteiger partial charge < -0.3 is 5.32 Å². The van der Waals surface area contributed by atoms with Gasteiger partial charge in [-0.3, -0.25) is 9.59 Å². The van der Waals surface area contributed by atoms with Gasteiger partial charge in [0.05, 0.1) is 11.1 Å². The lowest BCUT2D eigenvalue weighted by Gasteiger charge is -2.10. The molecule has 1 aromatic rings. The fraction of sp³-hybridized carbons (Fsp3) is 0.273. The summed E-state index contributed by atoms with van der Waals surface area (Å²) in [5, 5.41) is 9.69. The smallest absolute Gasteiger partial charge is 0.296 e. The van der Waals surface area contributed by atoms with Crippen molar-refractivity contribution in [1.29, 1.82) is 0 Å². The summed E-state index contributed by atoms with van der Waals surface area (Å²) in [4.78, 5) is 22.7. The van der Waals surface area contributed by atoms with Crippen molar-refractivity contribution in [2.24, 2.45) is 10.2 Å². The normalized spacial score (nSPS) is 13.8. The number of anilines is 1. The summed E-state index contributed by atoms with van der Waals surface area (Å²) in [6, 6.07) is 5.01. The lowest BCUT2D eigenvalue weighted by atomic mass is 10.0. The number of nitrogens with zero attached hydrogens (tertiary/aromatic N) is 2. The van der Waals surface area contributed by atoms with Gasteiger partial charge in [-0.15, -0.1) is 10.2 Å². The van der Waals surface area contributed by atoms with Crippen molar-refractivity contribution in [3.63, 3.8) is 0 Å². The minimum atomic E-state index is -0.463. The Morgan fingerprint density at radius 2 is 1.81 bits per heavy atom. The molecule has 82 valence electrons. The molecule has 1 aliphatic rings. The number of hydrogen-bond donors (Lipinski definition) is 1. The molecule has 0 fully saturated rings. The van der Waals surface area contributed by atoms with E-state index in [-0.39, 0.29) is 0 Å². The van der Waals surface area contributed by atoms with Gasteiger partial charge in [0, 0.05) is 12.2 Å². The lowest BCUT2D eigenvalue weighted by molar-refractivity contribution is 0.0921. The van der Waals surface area contributed by atoms with Crippen LogP contribution in [0.5, 0.6) is 0 Å². The zero-order valence-electron chi connectivity index (χ0n) is 8.86. The first-order valence-corrected chi connectivity index (χ1v) is 5.10. The Hall–Kier alpha value is -2.04. The van der Waals surface area contributed by atoms with Crippen LogP contribution in [0.4, 0.5) is 5.69 Å². The summed E-state index contributed by atoms with van der Waals surface area (Å²) in [6.45, 7) is 2.87. The second kappa shape index (κ2) is 4.22. The number of azo groups is 1. The highest BCUT2D eigenvalue weighted by atomic mass is 16.2. The molecule has 0 atom stereocenters. The number of rotatable bonds is 3. The van der Waals surface area contributed by atoms with Crippen molar-refractivity contribution in [2.45, 2.75) is 13.3 Å². The van der Waals surface area contributed by atoms with Gasteiger partial charge in [0.2, 0.25) is 0 Å². The third-order valence-corrected chi connectivity index (χ3v) is 2.29. The molecule has 0 radical (unpaired) electrons. The number of nitrogens with one attached hydrogen (secondary N) is 1. The molecule has 2 amide bonds. The standard InChI is InChI=1S/C11H11N3O2/c1-2-5-12-7-3-4-8-9(6-7)11(16)14-13-10(8)15/h3-4,6,12H,2,5H2,1H3. The summed E-state index contributed by atoms with van der Waals surface area (Å²) in [6.07, 6.45) is 0.990. The molecule has 0 spiro atoms. The summed E-state index contributed by atoms with van der Waals surface area (Å²) < 4.78 is 0. The van der Waals surface area contributed by atoms with E-state index in [0.29, 0.717) is 11.1 Å². The van der Waals surface area contributed by atoms with Gasteiger partial charge >= 0.3 is 0 Å². The van der Waals surface area contributed by atoms with Crippen LogP contribution >= 0.6 is 0 Å². The molecule has 1 heterocycles. The molecule has 0 saturated heterocycles. The Morgan fingerprint density at radius 3 is 2.50 bits per heavy atom. The third kappa shape index (κ3) is 1.84. The van der Waals surface area contributed by atoms with Gasteiger partial charge in [-0.2, -0.15) is 0 Å². The molecule has 0 unspecified atom stereocenters. The van der Waals surface area contributed by atoms with Crippen LogP contribution in [0.15, 0.2) is 28.4 Å². The van der Waals surface area contributed by atoms with Crippen molar-refractivity contribution in [3.8, 4) is 0 Å². The van der Waals surface area contributed by atoms with Crippen molar-refractivity contribution in [2.75, 3.05) is 11.9 Å². The monoisotopic (exact) mass is 217 g/mol. The molecule has 0 saturated carbocycles. The van der Waals surface area contributed by atoms with E-state index in [2.05, 4.69) is 15.5 Å². The van der Waals surface area contributed by atoms with Gasteiger partial charge in [-0.05, 0) is 24.6 Å². The molecule has 1 N–H and O–H groups in total. The Balaban J connectivity index is 2.35. The summed E-state index contributed by atoms with van der Waals surface area (Å²) in [5.41, 5.74) is 1.46. The molecule has 0 bridgehead atoms. The molecule has 5 nitrogen and oxygen atoms in total. The van der Waals surface area contributed by atoms with Crippen molar-refractivity contribution < 1.29 is 9.59 Å². The Morgan fingerprint density at radius 1 is 1.12 bits per heavy atom. The van der Waals surface area contributed by atoms with E-state index in [9.17, 15) is 9.59 Å². The second-order valence-electron chi connectivity index (χ2n) is 3.50. The van der Waals surface area contributed by atoms with Crippen LogP contribution in [0.2, 0.25) is 0 Å².